The molecule has 2 heteroatoms. The molecule has 0 aromatic carbocycles. The van der Waals surface area contributed by atoms with Gasteiger partial charge in [-0.05, 0) is 67.8 Å². The Morgan fingerprint density at radius 2 is 1.86 bits per heavy atom. The smallest absolute Gasteiger partial charge is 0.0960 e. The van der Waals surface area contributed by atoms with Crippen LogP contribution in [-0.4, -0.2) is 5.60 Å². The lowest BCUT2D eigenvalue weighted by Crippen LogP contribution is -2.55. The van der Waals surface area contributed by atoms with Crippen LogP contribution in [0.4, 0.5) is 0 Å². The van der Waals surface area contributed by atoms with Crippen LogP contribution >= 0.6 is 0 Å². The molecule has 5 atom stereocenters. The molecule has 5 unspecified atom stereocenters. The topological polar surface area (TPSA) is 22.4 Å². The number of fused-ring (bicyclic) bond motifs is 3. The molecule has 0 bridgehead atoms. The van der Waals surface area contributed by atoms with Gasteiger partial charge >= 0.3 is 0 Å². The summed E-state index contributed by atoms with van der Waals surface area (Å²) >= 11 is 0. The van der Waals surface area contributed by atoms with E-state index in [1.807, 2.05) is 6.26 Å². The summed E-state index contributed by atoms with van der Waals surface area (Å²) in [7, 11) is 0. The Bertz CT molecular complexity index is 546. The first-order valence-corrected chi connectivity index (χ1v) is 9.05. The molecule has 0 radical (unpaired) electrons. The van der Waals surface area contributed by atoms with Crippen LogP contribution in [0.5, 0.6) is 0 Å². The van der Waals surface area contributed by atoms with Crippen molar-refractivity contribution in [2.24, 2.45) is 22.7 Å². The zero-order valence-corrected chi connectivity index (χ0v) is 14.5. The van der Waals surface area contributed by atoms with Gasteiger partial charge in [-0.25, -0.2) is 0 Å². The monoisotopic (exact) mass is 302 g/mol. The van der Waals surface area contributed by atoms with Crippen LogP contribution in [0.3, 0.4) is 0 Å². The third-order valence-corrected chi connectivity index (χ3v) is 7.51. The fourth-order valence-corrected chi connectivity index (χ4v) is 6.52. The minimum atomic E-state index is 0.0562. The molecule has 0 N–H and O–H groups in total. The maximum Gasteiger partial charge on any atom is 0.0960 e. The molecular weight excluding hydrogens is 272 g/mol. The number of hydrogen-bond donors (Lipinski definition) is 0. The van der Waals surface area contributed by atoms with E-state index in [-0.39, 0.29) is 11.7 Å². The van der Waals surface area contributed by atoms with Gasteiger partial charge in [0.05, 0.1) is 24.2 Å². The summed E-state index contributed by atoms with van der Waals surface area (Å²) in [6.07, 6.45) is 11.7. The normalized spacial score (nSPS) is 47.0. The van der Waals surface area contributed by atoms with Crippen LogP contribution in [-0.2, 0) is 4.74 Å². The van der Waals surface area contributed by atoms with Gasteiger partial charge in [0, 0.05) is 5.56 Å². The largest absolute Gasteiger partial charge is 0.472 e. The third-order valence-electron chi connectivity index (χ3n) is 7.51. The molecule has 2 heterocycles. The van der Waals surface area contributed by atoms with Gasteiger partial charge in [-0.2, -0.15) is 0 Å². The fourth-order valence-electron chi connectivity index (χ4n) is 6.52. The minimum absolute atomic E-state index is 0.0562. The van der Waals surface area contributed by atoms with E-state index in [0.29, 0.717) is 16.7 Å². The highest BCUT2D eigenvalue weighted by Gasteiger charge is 2.62. The molecule has 122 valence electrons. The number of hydrogen-bond acceptors (Lipinski definition) is 2. The summed E-state index contributed by atoms with van der Waals surface area (Å²) in [5, 5.41) is 0. The van der Waals surface area contributed by atoms with Crippen molar-refractivity contribution in [2.75, 3.05) is 0 Å². The first-order chi connectivity index (χ1) is 10.4. The highest BCUT2D eigenvalue weighted by atomic mass is 16.5. The van der Waals surface area contributed by atoms with Gasteiger partial charge in [0.2, 0.25) is 0 Å². The van der Waals surface area contributed by atoms with Crippen molar-refractivity contribution >= 4 is 0 Å². The van der Waals surface area contributed by atoms with Crippen molar-refractivity contribution in [1.29, 1.82) is 0 Å². The van der Waals surface area contributed by atoms with Crippen LogP contribution in [0.2, 0.25) is 0 Å². The Morgan fingerprint density at radius 3 is 2.59 bits per heavy atom. The zero-order valence-electron chi connectivity index (χ0n) is 14.5. The molecule has 3 aliphatic rings. The molecule has 0 amide bonds. The van der Waals surface area contributed by atoms with Crippen molar-refractivity contribution in [3.63, 3.8) is 0 Å². The second-order valence-electron chi connectivity index (χ2n) is 9.20. The van der Waals surface area contributed by atoms with Crippen LogP contribution < -0.4 is 0 Å². The maximum atomic E-state index is 6.62. The highest BCUT2D eigenvalue weighted by Crippen LogP contribution is 2.67. The van der Waals surface area contributed by atoms with Gasteiger partial charge < -0.3 is 9.15 Å². The Kier molecular flexibility index (Phi) is 3.11. The van der Waals surface area contributed by atoms with Crippen molar-refractivity contribution in [3.8, 4) is 0 Å². The van der Waals surface area contributed by atoms with Crippen LogP contribution in [0.25, 0.3) is 0 Å². The van der Waals surface area contributed by atoms with E-state index < -0.39 is 0 Å². The minimum Gasteiger partial charge on any atom is -0.472 e. The molecule has 2 aliphatic carbocycles. The number of furan rings is 1. The Balaban J connectivity index is 1.68. The fraction of sp³-hybridized carbons (Fsp3) is 0.800. The maximum absolute atomic E-state index is 6.62. The average Bonchev–Trinajstić information content (AvgIpc) is 3.04. The van der Waals surface area contributed by atoms with Crippen LogP contribution in [0.1, 0.15) is 77.9 Å². The highest BCUT2D eigenvalue weighted by molar-refractivity contribution is 5.17. The van der Waals surface area contributed by atoms with Crippen molar-refractivity contribution in [2.45, 2.75) is 77.9 Å². The second-order valence-corrected chi connectivity index (χ2v) is 9.20. The predicted molar refractivity (Wildman–Crippen MR) is 87.5 cm³/mol. The summed E-state index contributed by atoms with van der Waals surface area (Å²) in [4.78, 5) is 0. The third kappa shape index (κ3) is 1.95. The lowest BCUT2D eigenvalue weighted by molar-refractivity contribution is -0.155. The molecule has 1 aromatic rings. The predicted octanol–water partition coefficient (Wildman–Crippen LogP) is 5.74. The van der Waals surface area contributed by atoms with E-state index in [0.717, 1.165) is 5.92 Å². The van der Waals surface area contributed by atoms with E-state index >= 15 is 0 Å². The van der Waals surface area contributed by atoms with Gasteiger partial charge in [0.25, 0.3) is 0 Å². The SMILES string of the molecule is CC1(C)CCCC2(C)C1CCC1(C)OC(c3ccoc3)CC12. The molecule has 4 rings (SSSR count). The first kappa shape index (κ1) is 14.8. The summed E-state index contributed by atoms with van der Waals surface area (Å²) < 4.78 is 11.9. The zero-order chi connectivity index (χ0) is 15.6. The van der Waals surface area contributed by atoms with Crippen molar-refractivity contribution in [1.82, 2.24) is 0 Å². The summed E-state index contributed by atoms with van der Waals surface area (Å²) in [6.45, 7) is 9.95. The Labute approximate surface area is 134 Å². The van der Waals surface area contributed by atoms with Crippen LogP contribution in [0, 0.1) is 22.7 Å². The Hall–Kier alpha value is -0.760. The van der Waals surface area contributed by atoms with Crippen LogP contribution in [0.15, 0.2) is 23.0 Å². The number of rotatable bonds is 1. The van der Waals surface area contributed by atoms with E-state index in [9.17, 15) is 0 Å². The van der Waals surface area contributed by atoms with Crippen molar-refractivity contribution in [3.05, 3.63) is 24.2 Å². The van der Waals surface area contributed by atoms with E-state index in [4.69, 9.17) is 9.15 Å². The second kappa shape index (κ2) is 4.63. The van der Waals surface area contributed by atoms with E-state index in [1.54, 1.807) is 6.26 Å². The average molecular weight is 302 g/mol. The summed E-state index contributed by atoms with van der Waals surface area (Å²) in [5.41, 5.74) is 2.21. The molecule has 2 nitrogen and oxygen atoms in total. The first-order valence-electron chi connectivity index (χ1n) is 9.05. The molecule has 1 aliphatic heterocycles. The summed E-state index contributed by atoms with van der Waals surface area (Å²) in [6, 6.07) is 2.08. The van der Waals surface area contributed by atoms with Gasteiger partial charge in [-0.3, -0.25) is 0 Å². The van der Waals surface area contributed by atoms with E-state index in [2.05, 4.69) is 33.8 Å². The molecule has 1 saturated heterocycles. The lowest BCUT2D eigenvalue weighted by atomic mass is 9.45. The van der Waals surface area contributed by atoms with Crippen molar-refractivity contribution < 1.29 is 9.15 Å². The molecule has 1 aromatic heterocycles. The quantitative estimate of drug-likeness (QED) is 0.659. The van der Waals surface area contributed by atoms with Gasteiger partial charge in [0.1, 0.15) is 0 Å². The van der Waals surface area contributed by atoms with Gasteiger partial charge in [0.15, 0.2) is 0 Å². The standard InChI is InChI=1S/C20H30O2/c1-18(2)8-5-9-19(3)16(18)6-10-20(4)17(19)12-15(22-20)14-7-11-21-13-14/h7,11,13,15-17H,5-6,8-10,12H2,1-4H3. The molecule has 2 saturated carbocycles. The molecular formula is C20H30O2. The van der Waals surface area contributed by atoms with Gasteiger partial charge in [-0.15, -0.1) is 0 Å². The summed E-state index contributed by atoms with van der Waals surface area (Å²) in [5.74, 6) is 1.52. The lowest BCUT2D eigenvalue weighted by Gasteiger charge is -2.60. The Morgan fingerprint density at radius 1 is 1.05 bits per heavy atom. The van der Waals surface area contributed by atoms with E-state index in [1.165, 1.54) is 44.1 Å². The van der Waals surface area contributed by atoms with Gasteiger partial charge in [-0.1, -0.05) is 27.2 Å². The molecule has 3 fully saturated rings. The molecule has 0 spiro atoms. The number of ether oxygens (including phenoxy) is 1. The molecule has 22 heavy (non-hydrogen) atoms.